The summed E-state index contributed by atoms with van der Waals surface area (Å²) < 4.78 is 0. The normalized spacial score (nSPS) is 13.7. The topological polar surface area (TPSA) is 58.2 Å². The Labute approximate surface area is 155 Å². The molecule has 0 fully saturated rings. The van der Waals surface area contributed by atoms with Crippen LogP contribution in [0, 0.1) is 0 Å². The summed E-state index contributed by atoms with van der Waals surface area (Å²) in [5, 5.41) is 5.79. The van der Waals surface area contributed by atoms with Crippen LogP contribution in [0.5, 0.6) is 0 Å². The van der Waals surface area contributed by atoms with Gasteiger partial charge in [0.25, 0.3) is 0 Å². The Bertz CT molecular complexity index is 805. The van der Waals surface area contributed by atoms with E-state index < -0.39 is 0 Å². The van der Waals surface area contributed by atoms with Gasteiger partial charge >= 0.3 is 0 Å². The zero-order chi connectivity index (χ0) is 18.9. The predicted octanol–water partition coefficient (Wildman–Crippen LogP) is 5.08. The first-order valence-electron chi connectivity index (χ1n) is 9.19. The fourth-order valence-corrected chi connectivity index (χ4v) is 3.98. The van der Waals surface area contributed by atoms with Crippen molar-refractivity contribution < 1.29 is 9.59 Å². The average Bonchev–Trinajstić information content (AvgIpc) is 2.81. The van der Waals surface area contributed by atoms with Crippen molar-refractivity contribution in [3.8, 4) is 11.1 Å². The SMILES string of the molecule is CCCCC1(C)c2cc(NC(C)=O)ccc2-c2ccc(NC(C)=O)cc21. The second-order valence-corrected chi connectivity index (χ2v) is 7.32. The summed E-state index contributed by atoms with van der Waals surface area (Å²) in [5.74, 6) is -0.132. The van der Waals surface area contributed by atoms with Crippen molar-refractivity contribution >= 4 is 23.2 Å². The molecular weight excluding hydrogens is 324 g/mol. The number of benzene rings is 2. The molecule has 2 amide bonds. The van der Waals surface area contributed by atoms with Crippen molar-refractivity contribution in [3.63, 3.8) is 0 Å². The third kappa shape index (κ3) is 3.24. The van der Waals surface area contributed by atoms with Crippen molar-refractivity contribution in [1.29, 1.82) is 0 Å². The molecule has 0 heterocycles. The first-order chi connectivity index (χ1) is 12.3. The molecule has 0 unspecified atom stereocenters. The van der Waals surface area contributed by atoms with Crippen LogP contribution in [0.2, 0.25) is 0 Å². The number of unbranched alkanes of at least 4 members (excludes halogenated alkanes) is 1. The van der Waals surface area contributed by atoms with Gasteiger partial charge in [0.2, 0.25) is 11.8 Å². The van der Waals surface area contributed by atoms with Crippen molar-refractivity contribution in [2.45, 2.75) is 52.4 Å². The van der Waals surface area contributed by atoms with Gasteiger partial charge < -0.3 is 10.6 Å². The number of nitrogens with one attached hydrogen (secondary N) is 2. The maximum absolute atomic E-state index is 11.5. The largest absolute Gasteiger partial charge is 0.326 e. The Balaban J connectivity index is 2.13. The second kappa shape index (κ2) is 6.94. The van der Waals surface area contributed by atoms with Crippen molar-refractivity contribution in [3.05, 3.63) is 47.5 Å². The molecular formula is C22H26N2O2. The zero-order valence-corrected chi connectivity index (χ0v) is 15.9. The second-order valence-electron chi connectivity index (χ2n) is 7.32. The van der Waals surface area contributed by atoms with E-state index in [2.05, 4.69) is 48.7 Å². The summed E-state index contributed by atoms with van der Waals surface area (Å²) in [6, 6.07) is 12.3. The lowest BCUT2D eigenvalue weighted by Crippen LogP contribution is -2.21. The number of fused-ring (bicyclic) bond motifs is 3. The summed E-state index contributed by atoms with van der Waals surface area (Å²) in [6.07, 6.45) is 3.26. The van der Waals surface area contributed by atoms with Gasteiger partial charge in [-0.1, -0.05) is 38.8 Å². The molecule has 0 radical (unpaired) electrons. The predicted molar refractivity (Wildman–Crippen MR) is 106 cm³/mol. The molecule has 1 aliphatic rings. The quantitative estimate of drug-likeness (QED) is 0.790. The minimum absolute atomic E-state index is 0.0660. The third-order valence-electron chi connectivity index (χ3n) is 5.19. The molecule has 3 rings (SSSR count). The van der Waals surface area contributed by atoms with Gasteiger partial charge in [-0.3, -0.25) is 9.59 Å². The van der Waals surface area contributed by atoms with E-state index in [0.29, 0.717) is 0 Å². The highest BCUT2D eigenvalue weighted by molar-refractivity contribution is 5.92. The Morgan fingerprint density at radius 3 is 1.73 bits per heavy atom. The number of carbonyl (C=O) groups is 2. The van der Waals surface area contributed by atoms with Crippen LogP contribution in [0.25, 0.3) is 11.1 Å². The molecule has 0 atom stereocenters. The summed E-state index contributed by atoms with van der Waals surface area (Å²) >= 11 is 0. The fraction of sp³-hybridized carbons (Fsp3) is 0.364. The number of anilines is 2. The van der Waals surface area contributed by atoms with Gasteiger partial charge in [-0.05, 0) is 52.9 Å². The fourth-order valence-electron chi connectivity index (χ4n) is 3.98. The van der Waals surface area contributed by atoms with Crippen molar-refractivity contribution in [1.82, 2.24) is 0 Å². The van der Waals surface area contributed by atoms with E-state index in [4.69, 9.17) is 0 Å². The molecule has 2 aromatic rings. The van der Waals surface area contributed by atoms with Crippen LogP contribution in [0.4, 0.5) is 11.4 Å². The maximum atomic E-state index is 11.5. The highest BCUT2D eigenvalue weighted by Crippen LogP contribution is 2.52. The van der Waals surface area contributed by atoms with Crippen LogP contribution in [0.1, 0.15) is 58.1 Å². The molecule has 136 valence electrons. The van der Waals surface area contributed by atoms with Gasteiger partial charge in [-0.25, -0.2) is 0 Å². The molecule has 0 bridgehead atoms. The van der Waals surface area contributed by atoms with Crippen LogP contribution in [0.3, 0.4) is 0 Å². The molecule has 0 aliphatic heterocycles. The minimum atomic E-state index is -0.135. The summed E-state index contributed by atoms with van der Waals surface area (Å²) in [7, 11) is 0. The van der Waals surface area contributed by atoms with Crippen molar-refractivity contribution in [2.24, 2.45) is 0 Å². The highest BCUT2D eigenvalue weighted by Gasteiger charge is 2.39. The Hall–Kier alpha value is -2.62. The summed E-state index contributed by atoms with van der Waals surface area (Å²) in [6.45, 7) is 7.51. The number of hydrogen-bond acceptors (Lipinski definition) is 2. The third-order valence-corrected chi connectivity index (χ3v) is 5.19. The number of carbonyl (C=O) groups excluding carboxylic acids is 2. The maximum Gasteiger partial charge on any atom is 0.221 e. The van der Waals surface area contributed by atoms with Gasteiger partial charge in [-0.15, -0.1) is 0 Å². The lowest BCUT2D eigenvalue weighted by atomic mass is 9.76. The smallest absolute Gasteiger partial charge is 0.221 e. The summed E-state index contributed by atoms with van der Waals surface area (Å²) in [5.41, 5.74) is 6.43. The number of hydrogen-bond donors (Lipinski definition) is 2. The van der Waals surface area contributed by atoms with Crippen LogP contribution < -0.4 is 10.6 Å². The standard InChI is InChI=1S/C22H26N2O2/c1-5-6-11-22(4)20-12-16(23-14(2)25)7-9-18(20)19-10-8-17(13-21(19)22)24-15(3)26/h7-10,12-13H,5-6,11H2,1-4H3,(H,23,25)(H,24,26). The van der Waals surface area contributed by atoms with Gasteiger partial charge in [0.05, 0.1) is 0 Å². The van der Waals surface area contributed by atoms with E-state index in [-0.39, 0.29) is 17.2 Å². The molecule has 0 saturated heterocycles. The molecule has 1 aliphatic carbocycles. The Kier molecular flexibility index (Phi) is 4.86. The molecule has 4 heteroatoms. The minimum Gasteiger partial charge on any atom is -0.326 e. The van der Waals surface area contributed by atoms with Gasteiger partial charge in [0.1, 0.15) is 0 Å². The van der Waals surface area contributed by atoms with Gasteiger partial charge in [0.15, 0.2) is 0 Å². The monoisotopic (exact) mass is 350 g/mol. The van der Waals surface area contributed by atoms with Gasteiger partial charge in [-0.2, -0.15) is 0 Å². The van der Waals surface area contributed by atoms with Crippen LogP contribution in [-0.4, -0.2) is 11.8 Å². The van der Waals surface area contributed by atoms with E-state index in [1.54, 1.807) is 0 Å². The van der Waals surface area contributed by atoms with E-state index in [1.807, 2.05) is 12.1 Å². The Morgan fingerprint density at radius 1 is 0.885 bits per heavy atom. The zero-order valence-electron chi connectivity index (χ0n) is 15.9. The molecule has 2 aromatic carbocycles. The van der Waals surface area contributed by atoms with Crippen molar-refractivity contribution in [2.75, 3.05) is 10.6 Å². The van der Waals surface area contributed by atoms with Crippen LogP contribution in [-0.2, 0) is 15.0 Å². The number of amides is 2. The molecule has 2 N–H and O–H groups in total. The molecule has 26 heavy (non-hydrogen) atoms. The van der Waals surface area contributed by atoms with E-state index in [9.17, 15) is 9.59 Å². The lowest BCUT2D eigenvalue weighted by Gasteiger charge is -2.28. The summed E-state index contributed by atoms with van der Waals surface area (Å²) in [4.78, 5) is 22.9. The van der Waals surface area contributed by atoms with Gasteiger partial charge in [0, 0.05) is 30.6 Å². The lowest BCUT2D eigenvalue weighted by molar-refractivity contribution is -0.115. The number of rotatable bonds is 5. The van der Waals surface area contributed by atoms with E-state index in [0.717, 1.165) is 30.6 Å². The molecule has 0 saturated carbocycles. The van der Waals surface area contributed by atoms with Crippen LogP contribution >= 0.6 is 0 Å². The van der Waals surface area contributed by atoms with Crippen LogP contribution in [0.15, 0.2) is 36.4 Å². The molecule has 4 nitrogen and oxygen atoms in total. The first kappa shape index (κ1) is 18.2. The Morgan fingerprint density at radius 2 is 1.35 bits per heavy atom. The first-order valence-corrected chi connectivity index (χ1v) is 9.19. The van der Waals surface area contributed by atoms with E-state index in [1.165, 1.54) is 36.1 Å². The molecule has 0 aromatic heterocycles. The van der Waals surface area contributed by atoms with E-state index >= 15 is 0 Å². The molecule has 0 spiro atoms. The average molecular weight is 350 g/mol. The highest BCUT2D eigenvalue weighted by atomic mass is 16.2.